The van der Waals surface area contributed by atoms with E-state index in [4.69, 9.17) is 22.2 Å². The van der Waals surface area contributed by atoms with E-state index in [1.807, 2.05) is 50.2 Å². The average Bonchev–Trinajstić information content (AvgIpc) is 4.01. The van der Waals surface area contributed by atoms with Crippen LogP contribution in [0, 0.1) is 5.92 Å². The van der Waals surface area contributed by atoms with Gasteiger partial charge in [-0.05, 0) is 106 Å². The summed E-state index contributed by atoms with van der Waals surface area (Å²) in [6.07, 6.45) is 8.43. The monoisotopic (exact) mass is 786 g/mol. The van der Waals surface area contributed by atoms with Gasteiger partial charge in [0.15, 0.2) is 5.13 Å². The van der Waals surface area contributed by atoms with Crippen LogP contribution in [0.4, 0.5) is 27.9 Å². The molecule has 4 amide bonds. The van der Waals surface area contributed by atoms with Crippen LogP contribution < -0.4 is 38.2 Å². The Morgan fingerprint density at radius 3 is 1.89 bits per heavy atom. The maximum absolute atomic E-state index is 13.6. The zero-order valence-electron chi connectivity index (χ0n) is 32.1. The van der Waals surface area contributed by atoms with Crippen LogP contribution in [0.1, 0.15) is 99.0 Å². The average molecular weight is 787 g/mol. The number of rotatable bonds is 11. The number of amides is 4. The fourth-order valence-electron chi connectivity index (χ4n) is 8.84. The van der Waals surface area contributed by atoms with Crippen LogP contribution in [-0.2, 0) is 32.0 Å². The highest BCUT2D eigenvalue weighted by Gasteiger charge is 2.40. The lowest BCUT2D eigenvalue weighted by Crippen LogP contribution is -2.52. The van der Waals surface area contributed by atoms with Gasteiger partial charge in [-0.2, -0.15) is 5.48 Å². The van der Waals surface area contributed by atoms with E-state index in [0.29, 0.717) is 55.1 Å². The molecule has 3 fully saturated rings. The summed E-state index contributed by atoms with van der Waals surface area (Å²) in [4.78, 5) is 64.3. The second-order valence-corrected chi connectivity index (χ2v) is 16.8. The van der Waals surface area contributed by atoms with E-state index in [1.165, 1.54) is 10.6 Å². The largest absolute Gasteiger partial charge is 0.397 e. The van der Waals surface area contributed by atoms with Crippen molar-refractivity contribution in [2.75, 3.05) is 46.6 Å². The van der Waals surface area contributed by atoms with Crippen LogP contribution in [0.3, 0.4) is 0 Å². The molecule has 0 spiro atoms. The summed E-state index contributed by atoms with van der Waals surface area (Å²) in [5, 5.41) is 16.5. The summed E-state index contributed by atoms with van der Waals surface area (Å²) in [7, 11) is 0. The molecule has 1 unspecified atom stereocenters. The molecule has 0 radical (unpaired) electrons. The maximum Gasteiger partial charge on any atom is 0.247 e. The maximum atomic E-state index is 13.6. The molecule has 4 heterocycles. The molecule has 16 heteroatoms. The van der Waals surface area contributed by atoms with Crippen molar-refractivity contribution in [2.24, 2.45) is 11.7 Å². The van der Waals surface area contributed by atoms with Crippen molar-refractivity contribution < 1.29 is 24.4 Å². The molecule has 3 saturated heterocycles. The minimum Gasteiger partial charge on any atom is -0.397 e. The summed E-state index contributed by atoms with van der Waals surface area (Å²) in [5.41, 5.74) is 26.0. The fourth-order valence-corrected chi connectivity index (χ4v) is 10.1. The van der Waals surface area contributed by atoms with Gasteiger partial charge in [-0.3, -0.25) is 19.2 Å². The number of nitrogens with one attached hydrogen (secondary N) is 3. The predicted octanol–water partition coefficient (Wildman–Crippen LogP) is 4.09. The summed E-state index contributed by atoms with van der Waals surface area (Å²) in [6, 6.07) is 9.35. The van der Waals surface area contributed by atoms with E-state index in [0.717, 1.165) is 61.2 Å². The van der Waals surface area contributed by atoms with Crippen LogP contribution in [0.25, 0.3) is 0 Å². The smallest absolute Gasteiger partial charge is 0.247 e. The quantitative estimate of drug-likeness (QED) is 0.108. The van der Waals surface area contributed by atoms with Gasteiger partial charge in [-0.15, -0.1) is 11.3 Å². The van der Waals surface area contributed by atoms with E-state index < -0.39 is 18.1 Å². The van der Waals surface area contributed by atoms with Crippen molar-refractivity contribution in [1.82, 2.24) is 20.3 Å². The number of aryl methyl sites for hydroxylation is 2. The van der Waals surface area contributed by atoms with Gasteiger partial charge >= 0.3 is 0 Å². The standard InChI is InChI=1S/C40H54N10O5S/c1-22(2)36(47-55)39(54)49-18-6-9-33(49)38(53)45-28-14-12-24(20-26(28)43)31-16-15-30(50(31)40-46-29-7-3-4-10-34(29)56-40)23-11-13-27(25(42)19-23)44-37(52)32-8-5-17-48(32)35(51)21-41/h11-14,19-20,22,30-33,36,47,55H,3-10,15-18,21,41-43H2,1-2H3,(H,44,52)(H,45,53)/t30-,31-,32?,33+,36+/m1/s1. The molecular formula is C40H54N10O5S. The lowest BCUT2D eigenvalue weighted by atomic mass is 10.0. The highest BCUT2D eigenvalue weighted by atomic mass is 32.1. The number of nitrogens with zero attached hydrogens (tertiary/aromatic N) is 4. The van der Waals surface area contributed by atoms with Crippen LogP contribution >= 0.6 is 11.3 Å². The number of fused-ring (bicyclic) bond motifs is 1. The number of likely N-dealkylation sites (tertiary alicyclic amines) is 2. The van der Waals surface area contributed by atoms with Crippen LogP contribution in [-0.4, -0.2) is 81.4 Å². The lowest BCUT2D eigenvalue weighted by molar-refractivity contribution is -0.142. The fraction of sp³-hybridized carbons (Fsp3) is 0.525. The zero-order chi connectivity index (χ0) is 39.7. The normalized spacial score (nSPS) is 22.7. The Labute approximate surface area is 331 Å². The SMILES string of the molecule is CC(C)[C@H](NO)C(=O)N1CCC[C@H]1C(=O)Nc1ccc([C@H]2CC[C@H](c3ccc(NC(=O)C4CCCN4C(=O)CN)c(N)c3)N2c2nc3c(s2)CCCC3)cc1N. The first-order chi connectivity index (χ1) is 27.0. The molecule has 5 atom stereocenters. The number of carbonyl (C=O) groups excluding carboxylic acids is 4. The van der Waals surface area contributed by atoms with E-state index >= 15 is 0 Å². The van der Waals surface area contributed by atoms with Crippen molar-refractivity contribution in [2.45, 2.75) is 108 Å². The Kier molecular flexibility index (Phi) is 11.8. The Morgan fingerprint density at radius 1 is 0.821 bits per heavy atom. The molecule has 0 bridgehead atoms. The molecule has 56 heavy (non-hydrogen) atoms. The predicted molar refractivity (Wildman–Crippen MR) is 217 cm³/mol. The number of nitrogen functional groups attached to an aromatic ring is 2. The number of aromatic nitrogens is 1. The summed E-state index contributed by atoms with van der Waals surface area (Å²) in [5.74, 6) is -1.29. The lowest BCUT2D eigenvalue weighted by Gasteiger charge is -2.31. The second-order valence-electron chi connectivity index (χ2n) is 15.8. The molecule has 3 aliphatic heterocycles. The van der Waals surface area contributed by atoms with E-state index in [9.17, 15) is 24.4 Å². The highest BCUT2D eigenvalue weighted by Crippen LogP contribution is 2.50. The molecule has 15 nitrogen and oxygen atoms in total. The van der Waals surface area contributed by atoms with Crippen molar-refractivity contribution in [1.29, 1.82) is 0 Å². The minimum atomic E-state index is -0.799. The Hall–Kier alpha value is -4.77. The molecule has 4 aliphatic rings. The molecular weight excluding hydrogens is 733 g/mol. The molecule has 3 aromatic rings. The van der Waals surface area contributed by atoms with Gasteiger partial charge in [0, 0.05) is 18.0 Å². The number of anilines is 5. The number of carbonyl (C=O) groups is 4. The number of thiazole rings is 1. The summed E-state index contributed by atoms with van der Waals surface area (Å²) >= 11 is 1.75. The first-order valence-corrected chi connectivity index (χ1v) is 20.7. The van der Waals surface area contributed by atoms with Gasteiger partial charge in [0.1, 0.15) is 18.1 Å². The second kappa shape index (κ2) is 16.8. The summed E-state index contributed by atoms with van der Waals surface area (Å²) < 4.78 is 0. The molecule has 7 rings (SSSR count). The molecule has 1 aliphatic carbocycles. The molecule has 1 aromatic heterocycles. The van der Waals surface area contributed by atoms with Gasteiger partial charge in [0.2, 0.25) is 23.6 Å². The van der Waals surface area contributed by atoms with E-state index in [2.05, 4.69) is 21.0 Å². The highest BCUT2D eigenvalue weighted by molar-refractivity contribution is 7.15. The third kappa shape index (κ3) is 7.79. The number of hydroxylamine groups is 1. The number of hydrogen-bond acceptors (Lipinski definition) is 12. The van der Waals surface area contributed by atoms with Crippen molar-refractivity contribution >= 4 is 62.8 Å². The Bertz CT molecular complexity index is 1950. The van der Waals surface area contributed by atoms with Crippen molar-refractivity contribution in [3.05, 3.63) is 58.1 Å². The summed E-state index contributed by atoms with van der Waals surface area (Å²) in [6.45, 7) is 4.48. The van der Waals surface area contributed by atoms with Crippen LogP contribution in [0.15, 0.2) is 36.4 Å². The third-order valence-corrected chi connectivity index (χ3v) is 13.0. The van der Waals surface area contributed by atoms with Gasteiger partial charge in [-0.25, -0.2) is 4.98 Å². The molecule has 2 aromatic carbocycles. The van der Waals surface area contributed by atoms with Gasteiger partial charge in [-0.1, -0.05) is 26.0 Å². The number of nitrogens with two attached hydrogens (primary N) is 3. The van der Waals surface area contributed by atoms with Crippen molar-refractivity contribution in [3.8, 4) is 0 Å². The van der Waals surface area contributed by atoms with Gasteiger partial charge in [0.25, 0.3) is 0 Å². The molecule has 300 valence electrons. The van der Waals surface area contributed by atoms with Gasteiger partial charge in [0.05, 0.1) is 47.1 Å². The van der Waals surface area contributed by atoms with Crippen LogP contribution in [0.2, 0.25) is 0 Å². The first kappa shape index (κ1) is 39.5. The Morgan fingerprint density at radius 2 is 1.38 bits per heavy atom. The van der Waals surface area contributed by atoms with Gasteiger partial charge < -0.3 is 47.7 Å². The minimum absolute atomic E-state index is 0.0540. The third-order valence-electron chi connectivity index (χ3n) is 11.8. The van der Waals surface area contributed by atoms with E-state index in [1.54, 1.807) is 21.1 Å². The molecule has 10 N–H and O–H groups in total. The topological polar surface area (TPSA) is 225 Å². The van der Waals surface area contributed by atoms with Crippen molar-refractivity contribution in [3.63, 3.8) is 0 Å². The Balaban J connectivity index is 1.11. The molecule has 0 saturated carbocycles. The first-order valence-electron chi connectivity index (χ1n) is 19.9. The number of benzene rings is 2. The van der Waals surface area contributed by atoms with Crippen LogP contribution in [0.5, 0.6) is 0 Å². The zero-order valence-corrected chi connectivity index (χ0v) is 32.9. The van der Waals surface area contributed by atoms with E-state index in [-0.39, 0.29) is 48.2 Å². The number of hydrogen-bond donors (Lipinski definition) is 7.